The molecule has 3 rings (SSSR count). The van der Waals surface area contributed by atoms with E-state index in [1.807, 2.05) is 0 Å². The highest BCUT2D eigenvalue weighted by molar-refractivity contribution is 7.16. The lowest BCUT2D eigenvalue weighted by molar-refractivity contribution is 0.262. The number of hydrogen-bond acceptors (Lipinski definition) is 5. The number of thiophene rings is 1. The van der Waals surface area contributed by atoms with Gasteiger partial charge >= 0.3 is 6.03 Å². The third-order valence-electron chi connectivity index (χ3n) is 3.59. The molecular formula is C16H16N4O2S. The normalized spacial score (nSPS) is 12.9. The minimum absolute atomic E-state index is 0.374. The number of carbonyl (C=O) groups excluding carboxylic acids is 1. The highest BCUT2D eigenvalue weighted by Crippen LogP contribution is 2.34. The average molecular weight is 328 g/mol. The van der Waals surface area contributed by atoms with E-state index in [9.17, 15) is 10.1 Å². The number of nitrogens with zero attached hydrogens (tertiary/aromatic N) is 1. The SMILES string of the molecule is COc1cccc(NC(=O)Nc2sc3c(c2C#N)CCNC3)c1. The van der Waals surface area contributed by atoms with Crippen LogP contribution in [0.3, 0.4) is 0 Å². The number of rotatable bonds is 3. The minimum Gasteiger partial charge on any atom is -0.497 e. The third-order valence-corrected chi connectivity index (χ3v) is 4.74. The summed E-state index contributed by atoms with van der Waals surface area (Å²) in [4.78, 5) is 13.3. The standard InChI is InChI=1S/C16H16N4O2S/c1-22-11-4-2-3-10(7-11)19-16(21)20-15-13(8-17)12-5-6-18-9-14(12)23-15/h2-4,7,18H,5-6,9H2,1H3,(H2,19,20,21). The van der Waals surface area contributed by atoms with Gasteiger partial charge in [0.1, 0.15) is 16.8 Å². The first-order valence-corrected chi connectivity index (χ1v) is 8.00. The monoisotopic (exact) mass is 328 g/mol. The van der Waals surface area contributed by atoms with Gasteiger partial charge in [-0.3, -0.25) is 5.32 Å². The summed E-state index contributed by atoms with van der Waals surface area (Å²) in [5, 5.41) is 18.8. The van der Waals surface area contributed by atoms with Crippen molar-refractivity contribution >= 4 is 28.1 Å². The molecule has 6 nitrogen and oxygen atoms in total. The fraction of sp³-hybridized carbons (Fsp3) is 0.250. The molecule has 0 spiro atoms. The van der Waals surface area contributed by atoms with Gasteiger partial charge in [-0.05, 0) is 30.7 Å². The quantitative estimate of drug-likeness (QED) is 0.808. The van der Waals surface area contributed by atoms with Crippen molar-refractivity contribution in [2.75, 3.05) is 24.3 Å². The van der Waals surface area contributed by atoms with E-state index in [0.29, 0.717) is 22.0 Å². The number of ether oxygens (including phenoxy) is 1. The predicted octanol–water partition coefficient (Wildman–Crippen LogP) is 2.92. The van der Waals surface area contributed by atoms with Gasteiger partial charge in [-0.1, -0.05) is 6.07 Å². The Hall–Kier alpha value is -2.56. The molecule has 0 fully saturated rings. The third kappa shape index (κ3) is 3.28. The summed E-state index contributed by atoms with van der Waals surface area (Å²) in [6, 6.07) is 8.94. The number of nitrogens with one attached hydrogen (secondary N) is 3. The smallest absolute Gasteiger partial charge is 0.324 e. The fourth-order valence-corrected chi connectivity index (χ4v) is 3.67. The molecule has 23 heavy (non-hydrogen) atoms. The second-order valence-corrected chi connectivity index (χ2v) is 6.16. The van der Waals surface area contributed by atoms with E-state index in [-0.39, 0.29) is 6.03 Å². The maximum atomic E-state index is 12.2. The number of urea groups is 1. The van der Waals surface area contributed by atoms with E-state index in [1.165, 1.54) is 11.3 Å². The Bertz CT molecular complexity index is 779. The fourth-order valence-electron chi connectivity index (χ4n) is 2.51. The maximum absolute atomic E-state index is 12.2. The van der Waals surface area contributed by atoms with Crippen molar-refractivity contribution in [3.05, 3.63) is 40.3 Å². The lowest BCUT2D eigenvalue weighted by atomic mass is 10.1. The zero-order chi connectivity index (χ0) is 16.2. The molecular weight excluding hydrogens is 312 g/mol. The van der Waals surface area contributed by atoms with Gasteiger partial charge in [-0.25, -0.2) is 4.79 Å². The van der Waals surface area contributed by atoms with Gasteiger partial charge in [0.2, 0.25) is 0 Å². The Morgan fingerprint density at radius 2 is 2.30 bits per heavy atom. The van der Waals surface area contributed by atoms with Crippen molar-refractivity contribution in [2.45, 2.75) is 13.0 Å². The van der Waals surface area contributed by atoms with Crippen molar-refractivity contribution in [3.8, 4) is 11.8 Å². The zero-order valence-electron chi connectivity index (χ0n) is 12.6. The Morgan fingerprint density at radius 3 is 3.09 bits per heavy atom. The molecule has 3 N–H and O–H groups in total. The van der Waals surface area contributed by atoms with Crippen LogP contribution in [0.2, 0.25) is 0 Å². The molecule has 1 aromatic heterocycles. The van der Waals surface area contributed by atoms with E-state index in [0.717, 1.165) is 30.0 Å². The van der Waals surface area contributed by atoms with Gasteiger partial charge < -0.3 is 15.4 Å². The number of fused-ring (bicyclic) bond motifs is 1. The Labute approximate surface area is 138 Å². The molecule has 7 heteroatoms. The highest BCUT2D eigenvalue weighted by atomic mass is 32.1. The van der Waals surface area contributed by atoms with Crippen LogP contribution in [0.15, 0.2) is 24.3 Å². The molecule has 2 amide bonds. The van der Waals surface area contributed by atoms with Gasteiger partial charge in [-0.2, -0.15) is 5.26 Å². The summed E-state index contributed by atoms with van der Waals surface area (Å²) in [5.41, 5.74) is 2.25. The van der Waals surface area contributed by atoms with E-state index in [4.69, 9.17) is 4.74 Å². The van der Waals surface area contributed by atoms with Crippen molar-refractivity contribution in [1.29, 1.82) is 5.26 Å². The topological polar surface area (TPSA) is 86.2 Å². The second-order valence-electron chi connectivity index (χ2n) is 5.06. The first-order chi connectivity index (χ1) is 11.2. The first kappa shape index (κ1) is 15.3. The van der Waals surface area contributed by atoms with Crippen molar-refractivity contribution in [1.82, 2.24) is 5.32 Å². The Kier molecular flexibility index (Phi) is 4.46. The van der Waals surface area contributed by atoms with Crippen LogP contribution >= 0.6 is 11.3 Å². The molecule has 2 heterocycles. The van der Waals surface area contributed by atoms with Crippen LogP contribution < -0.4 is 20.7 Å². The van der Waals surface area contributed by atoms with E-state index in [2.05, 4.69) is 22.0 Å². The van der Waals surface area contributed by atoms with Crippen LogP contribution in [0, 0.1) is 11.3 Å². The maximum Gasteiger partial charge on any atom is 0.324 e. The van der Waals surface area contributed by atoms with E-state index < -0.39 is 0 Å². The highest BCUT2D eigenvalue weighted by Gasteiger charge is 2.21. The van der Waals surface area contributed by atoms with Crippen molar-refractivity contribution < 1.29 is 9.53 Å². The van der Waals surface area contributed by atoms with Gasteiger partial charge in [0.25, 0.3) is 0 Å². The summed E-state index contributed by atoms with van der Waals surface area (Å²) < 4.78 is 5.13. The van der Waals surface area contributed by atoms with Crippen LogP contribution in [0.5, 0.6) is 5.75 Å². The first-order valence-electron chi connectivity index (χ1n) is 7.18. The number of hydrogen-bond donors (Lipinski definition) is 3. The molecule has 0 radical (unpaired) electrons. The molecule has 0 atom stereocenters. The second kappa shape index (κ2) is 6.69. The zero-order valence-corrected chi connectivity index (χ0v) is 13.4. The molecule has 0 bridgehead atoms. The van der Waals surface area contributed by atoms with Crippen LogP contribution in [0.25, 0.3) is 0 Å². The molecule has 0 unspecified atom stereocenters. The van der Waals surface area contributed by atoms with Gasteiger partial charge in [0.15, 0.2) is 0 Å². The minimum atomic E-state index is -0.374. The molecule has 0 saturated heterocycles. The molecule has 2 aromatic rings. The summed E-state index contributed by atoms with van der Waals surface area (Å²) >= 11 is 1.45. The lowest BCUT2D eigenvalue weighted by Gasteiger charge is -2.11. The van der Waals surface area contributed by atoms with Crippen LogP contribution in [0.1, 0.15) is 16.0 Å². The Morgan fingerprint density at radius 1 is 1.43 bits per heavy atom. The number of anilines is 2. The van der Waals surface area contributed by atoms with E-state index >= 15 is 0 Å². The largest absolute Gasteiger partial charge is 0.497 e. The van der Waals surface area contributed by atoms with Gasteiger partial charge in [0.05, 0.1) is 12.7 Å². The van der Waals surface area contributed by atoms with Gasteiger partial charge in [-0.15, -0.1) is 11.3 Å². The van der Waals surface area contributed by atoms with Gasteiger partial charge in [0, 0.05) is 23.2 Å². The summed E-state index contributed by atoms with van der Waals surface area (Å²) in [5.74, 6) is 0.665. The summed E-state index contributed by atoms with van der Waals surface area (Å²) in [6.07, 6.45) is 0.813. The predicted molar refractivity (Wildman–Crippen MR) is 90.1 cm³/mol. The van der Waals surface area contributed by atoms with Crippen LogP contribution in [0.4, 0.5) is 15.5 Å². The molecule has 1 aromatic carbocycles. The van der Waals surface area contributed by atoms with Crippen molar-refractivity contribution in [3.63, 3.8) is 0 Å². The molecule has 118 valence electrons. The van der Waals surface area contributed by atoms with Crippen molar-refractivity contribution in [2.24, 2.45) is 0 Å². The average Bonchev–Trinajstić information content (AvgIpc) is 2.91. The Balaban J connectivity index is 1.75. The molecule has 1 aliphatic rings. The number of nitriles is 1. The molecule has 0 aliphatic carbocycles. The molecule has 0 saturated carbocycles. The number of carbonyl (C=O) groups is 1. The van der Waals surface area contributed by atoms with Crippen LogP contribution in [-0.2, 0) is 13.0 Å². The lowest BCUT2D eigenvalue weighted by Crippen LogP contribution is -2.22. The van der Waals surface area contributed by atoms with E-state index in [1.54, 1.807) is 31.4 Å². The number of methoxy groups -OCH3 is 1. The van der Waals surface area contributed by atoms with Crippen LogP contribution in [-0.4, -0.2) is 19.7 Å². The number of amides is 2. The summed E-state index contributed by atoms with van der Waals surface area (Å²) in [7, 11) is 1.57. The number of benzene rings is 1. The summed E-state index contributed by atoms with van der Waals surface area (Å²) in [6.45, 7) is 1.60. The molecule has 1 aliphatic heterocycles.